The van der Waals surface area contributed by atoms with Crippen molar-refractivity contribution in [2.45, 2.75) is 45.6 Å². The van der Waals surface area contributed by atoms with Crippen molar-refractivity contribution in [2.75, 3.05) is 6.54 Å². The molecule has 0 aliphatic heterocycles. The van der Waals surface area contributed by atoms with E-state index in [1.54, 1.807) is 0 Å². The van der Waals surface area contributed by atoms with Crippen molar-refractivity contribution in [3.05, 3.63) is 28.8 Å². The zero-order chi connectivity index (χ0) is 14.8. The summed E-state index contributed by atoms with van der Waals surface area (Å²) < 4.78 is 6.23. The summed E-state index contributed by atoms with van der Waals surface area (Å²) in [6, 6.07) is 0.218. The molecule has 0 aromatic carbocycles. The molecule has 1 unspecified atom stereocenters. The van der Waals surface area contributed by atoms with Gasteiger partial charge in [0.1, 0.15) is 5.82 Å². The molecular weight excluding hydrogens is 270 g/mol. The van der Waals surface area contributed by atoms with Gasteiger partial charge in [0.05, 0.1) is 16.6 Å². The Labute approximate surface area is 124 Å². The smallest absolute Gasteiger partial charge is 0.110 e. The minimum Gasteiger partial charge on any atom is -0.338 e. The number of likely N-dealkylation sites (N-methyl/N-ethyl adjacent to an activating group) is 1. The van der Waals surface area contributed by atoms with E-state index in [4.69, 9.17) is 0 Å². The SMILES string of the molecule is CCNC(Cc1nccn1C)c1snnc1C(C)(C)C. The van der Waals surface area contributed by atoms with Gasteiger partial charge in [-0.15, -0.1) is 5.10 Å². The predicted molar refractivity (Wildman–Crippen MR) is 81.9 cm³/mol. The molecule has 0 saturated heterocycles. The zero-order valence-corrected chi connectivity index (χ0v) is 13.7. The van der Waals surface area contributed by atoms with Gasteiger partial charge >= 0.3 is 0 Å². The van der Waals surface area contributed by atoms with Gasteiger partial charge in [-0.1, -0.05) is 32.2 Å². The lowest BCUT2D eigenvalue weighted by atomic mass is 9.89. The van der Waals surface area contributed by atoms with Crippen LogP contribution in [0.3, 0.4) is 0 Å². The Morgan fingerprint density at radius 2 is 2.15 bits per heavy atom. The highest BCUT2D eigenvalue weighted by atomic mass is 32.1. The molecule has 2 rings (SSSR count). The fourth-order valence-corrected chi connectivity index (χ4v) is 3.16. The fraction of sp³-hybridized carbons (Fsp3) is 0.643. The number of aryl methyl sites for hydroxylation is 1. The maximum absolute atomic E-state index is 4.43. The van der Waals surface area contributed by atoms with Crippen molar-refractivity contribution in [1.29, 1.82) is 0 Å². The Kier molecular flexibility index (Phi) is 4.55. The van der Waals surface area contributed by atoms with E-state index in [1.807, 2.05) is 19.4 Å². The second kappa shape index (κ2) is 6.01. The standard InChI is InChI=1S/C14H23N5S/c1-6-15-10(9-11-16-7-8-19(11)5)12-13(14(2,3)4)17-18-20-12/h7-8,10,15H,6,9H2,1-5H3. The summed E-state index contributed by atoms with van der Waals surface area (Å²) in [5, 5.41) is 7.88. The minimum atomic E-state index is 0.0115. The number of nitrogens with one attached hydrogen (secondary N) is 1. The van der Waals surface area contributed by atoms with Crippen LogP contribution in [0.4, 0.5) is 0 Å². The summed E-state index contributed by atoms with van der Waals surface area (Å²) in [6.45, 7) is 9.57. The van der Waals surface area contributed by atoms with Gasteiger partial charge in [0.15, 0.2) is 0 Å². The number of hydrogen-bond acceptors (Lipinski definition) is 5. The summed E-state index contributed by atoms with van der Waals surface area (Å²) in [5.74, 6) is 1.07. The van der Waals surface area contributed by atoms with Gasteiger partial charge in [0.25, 0.3) is 0 Å². The number of hydrogen-bond donors (Lipinski definition) is 1. The number of rotatable bonds is 5. The molecule has 110 valence electrons. The highest BCUT2D eigenvalue weighted by molar-refractivity contribution is 7.05. The molecule has 5 nitrogen and oxygen atoms in total. The number of nitrogens with zero attached hydrogens (tertiary/aromatic N) is 4. The Balaban J connectivity index is 2.30. The largest absolute Gasteiger partial charge is 0.338 e. The van der Waals surface area contributed by atoms with Crippen LogP contribution >= 0.6 is 11.5 Å². The van der Waals surface area contributed by atoms with E-state index >= 15 is 0 Å². The predicted octanol–water partition coefficient (Wildman–Crippen LogP) is 2.46. The number of aromatic nitrogens is 4. The molecule has 2 aromatic rings. The third-order valence-electron chi connectivity index (χ3n) is 3.30. The van der Waals surface area contributed by atoms with Gasteiger partial charge in [-0.3, -0.25) is 0 Å². The van der Waals surface area contributed by atoms with Crippen LogP contribution in [0.2, 0.25) is 0 Å². The molecule has 6 heteroatoms. The van der Waals surface area contributed by atoms with Crippen LogP contribution in [0.15, 0.2) is 12.4 Å². The molecule has 0 radical (unpaired) electrons. The molecule has 0 bridgehead atoms. The van der Waals surface area contributed by atoms with Gasteiger partial charge in [-0.05, 0) is 18.1 Å². The average Bonchev–Trinajstić information content (AvgIpc) is 2.97. The fourth-order valence-electron chi connectivity index (χ4n) is 2.23. The van der Waals surface area contributed by atoms with Crippen LogP contribution in [-0.2, 0) is 18.9 Å². The van der Waals surface area contributed by atoms with Crippen LogP contribution in [0.1, 0.15) is 50.1 Å². The van der Waals surface area contributed by atoms with Gasteiger partial charge in [-0.25, -0.2) is 4.98 Å². The number of imidazole rings is 1. The molecular formula is C14H23N5S. The summed E-state index contributed by atoms with van der Waals surface area (Å²) >= 11 is 1.49. The molecule has 1 atom stereocenters. The topological polar surface area (TPSA) is 55.6 Å². The molecule has 0 fully saturated rings. The van der Waals surface area contributed by atoms with Crippen LogP contribution < -0.4 is 5.32 Å². The quantitative estimate of drug-likeness (QED) is 0.920. The molecule has 0 aliphatic rings. The Bertz CT molecular complexity index is 552. The van der Waals surface area contributed by atoms with E-state index in [1.165, 1.54) is 16.4 Å². The zero-order valence-electron chi connectivity index (χ0n) is 12.8. The monoisotopic (exact) mass is 293 g/mol. The van der Waals surface area contributed by atoms with Crippen molar-refractivity contribution in [2.24, 2.45) is 7.05 Å². The van der Waals surface area contributed by atoms with Gasteiger partial charge < -0.3 is 9.88 Å². The van der Waals surface area contributed by atoms with Crippen molar-refractivity contribution < 1.29 is 0 Å². The molecule has 0 aliphatic carbocycles. The molecule has 20 heavy (non-hydrogen) atoms. The summed E-state index contributed by atoms with van der Waals surface area (Å²) in [5.41, 5.74) is 1.10. The van der Waals surface area contributed by atoms with Gasteiger partial charge in [0, 0.05) is 31.3 Å². The highest BCUT2D eigenvalue weighted by Gasteiger charge is 2.27. The molecule has 0 amide bonds. The normalized spacial score (nSPS) is 13.7. The lowest BCUT2D eigenvalue weighted by Gasteiger charge is -2.22. The second-order valence-corrected chi connectivity index (χ2v) is 6.79. The third kappa shape index (κ3) is 3.24. The molecule has 0 spiro atoms. The van der Waals surface area contributed by atoms with Crippen molar-refractivity contribution in [1.82, 2.24) is 24.5 Å². The lowest BCUT2D eigenvalue weighted by Crippen LogP contribution is -2.26. The van der Waals surface area contributed by atoms with Crippen LogP contribution in [0.25, 0.3) is 0 Å². The summed E-state index contributed by atoms with van der Waals surface area (Å²) in [7, 11) is 2.03. The van der Waals surface area contributed by atoms with E-state index in [2.05, 4.69) is 52.1 Å². The first kappa shape index (κ1) is 15.1. The van der Waals surface area contributed by atoms with Crippen molar-refractivity contribution >= 4 is 11.5 Å². The highest BCUT2D eigenvalue weighted by Crippen LogP contribution is 2.31. The first-order valence-electron chi connectivity index (χ1n) is 6.95. The second-order valence-electron chi connectivity index (χ2n) is 6.00. The minimum absolute atomic E-state index is 0.0115. The summed E-state index contributed by atoms with van der Waals surface area (Å²) in [4.78, 5) is 5.65. The van der Waals surface area contributed by atoms with Crippen LogP contribution in [0.5, 0.6) is 0 Å². The van der Waals surface area contributed by atoms with Crippen LogP contribution in [-0.4, -0.2) is 25.7 Å². The van der Waals surface area contributed by atoms with E-state index in [-0.39, 0.29) is 11.5 Å². The third-order valence-corrected chi connectivity index (χ3v) is 4.14. The van der Waals surface area contributed by atoms with Crippen molar-refractivity contribution in [3.8, 4) is 0 Å². The maximum atomic E-state index is 4.43. The van der Waals surface area contributed by atoms with E-state index in [0.29, 0.717) is 0 Å². The first-order chi connectivity index (χ1) is 9.43. The average molecular weight is 293 g/mol. The van der Waals surface area contributed by atoms with Crippen molar-refractivity contribution in [3.63, 3.8) is 0 Å². The Morgan fingerprint density at radius 3 is 2.70 bits per heavy atom. The summed E-state index contributed by atoms with van der Waals surface area (Å²) in [6.07, 6.45) is 4.67. The molecule has 2 aromatic heterocycles. The molecule has 2 heterocycles. The van der Waals surface area contributed by atoms with E-state index in [0.717, 1.165) is 24.5 Å². The Hall–Kier alpha value is -1.27. The van der Waals surface area contributed by atoms with Crippen LogP contribution in [0, 0.1) is 0 Å². The lowest BCUT2D eigenvalue weighted by molar-refractivity contribution is 0.504. The van der Waals surface area contributed by atoms with E-state index in [9.17, 15) is 0 Å². The maximum Gasteiger partial charge on any atom is 0.110 e. The molecule has 1 N–H and O–H groups in total. The Morgan fingerprint density at radius 1 is 1.40 bits per heavy atom. The molecule has 0 saturated carbocycles. The van der Waals surface area contributed by atoms with Gasteiger partial charge in [-0.2, -0.15) is 0 Å². The van der Waals surface area contributed by atoms with E-state index < -0.39 is 0 Å². The van der Waals surface area contributed by atoms with Gasteiger partial charge in [0.2, 0.25) is 0 Å². The first-order valence-corrected chi connectivity index (χ1v) is 7.73.